The summed E-state index contributed by atoms with van der Waals surface area (Å²) < 4.78 is 26.4. The van der Waals surface area contributed by atoms with E-state index in [-0.39, 0.29) is 22.9 Å². The normalized spacial score (nSPS) is 19.9. The lowest BCUT2D eigenvalue weighted by atomic mass is 10.0. The maximum absolute atomic E-state index is 12.6. The van der Waals surface area contributed by atoms with Crippen molar-refractivity contribution in [2.45, 2.75) is 69.4 Å². The molecule has 0 atom stereocenters. The Kier molecular flexibility index (Phi) is 7.35. The minimum absolute atomic E-state index is 0.123. The number of likely N-dealkylation sites (tertiary alicyclic amines) is 1. The molecule has 162 valence electrons. The van der Waals surface area contributed by atoms with Crippen molar-refractivity contribution in [2.24, 2.45) is 5.92 Å². The number of benzene rings is 1. The molecule has 1 N–H and O–H groups in total. The zero-order chi connectivity index (χ0) is 21.0. The number of hydrogen-bond acceptors (Lipinski definition) is 4. The highest BCUT2D eigenvalue weighted by Crippen LogP contribution is 2.26. The van der Waals surface area contributed by atoms with Crippen molar-refractivity contribution in [3.05, 3.63) is 29.8 Å². The Bertz CT molecular complexity index is 778. The first-order valence-corrected chi connectivity index (χ1v) is 12.3. The minimum Gasteiger partial charge on any atom is -0.349 e. The average Bonchev–Trinajstić information content (AvgIpc) is 3.22. The van der Waals surface area contributed by atoms with Gasteiger partial charge in [-0.25, -0.2) is 8.42 Å². The third-order valence-corrected chi connectivity index (χ3v) is 8.48. The van der Waals surface area contributed by atoms with Crippen LogP contribution in [-0.4, -0.2) is 62.3 Å². The first-order chi connectivity index (χ1) is 13.8. The Balaban J connectivity index is 1.51. The molecular formula is C22H35N3O3S. The maximum atomic E-state index is 12.6. The molecular weight excluding hydrogens is 386 g/mol. The van der Waals surface area contributed by atoms with Gasteiger partial charge >= 0.3 is 0 Å². The summed E-state index contributed by atoms with van der Waals surface area (Å²) in [5, 5.41) is 3.12. The van der Waals surface area contributed by atoms with Crippen LogP contribution in [0.5, 0.6) is 0 Å². The van der Waals surface area contributed by atoms with Gasteiger partial charge in [0.15, 0.2) is 0 Å². The quantitative estimate of drug-likeness (QED) is 0.734. The van der Waals surface area contributed by atoms with Gasteiger partial charge in [0.2, 0.25) is 10.0 Å². The van der Waals surface area contributed by atoms with E-state index in [4.69, 9.17) is 0 Å². The fourth-order valence-electron chi connectivity index (χ4n) is 4.31. The third kappa shape index (κ3) is 5.58. The molecule has 1 saturated carbocycles. The summed E-state index contributed by atoms with van der Waals surface area (Å²) in [5.74, 6) is 0.742. The van der Waals surface area contributed by atoms with Gasteiger partial charge in [-0.1, -0.05) is 12.8 Å². The van der Waals surface area contributed by atoms with Gasteiger partial charge in [0.1, 0.15) is 0 Å². The number of hydrogen-bond donors (Lipinski definition) is 1. The van der Waals surface area contributed by atoms with Gasteiger partial charge in [0.25, 0.3) is 5.91 Å². The summed E-state index contributed by atoms with van der Waals surface area (Å²) in [6.45, 7) is 6.96. The van der Waals surface area contributed by atoms with Crippen molar-refractivity contribution >= 4 is 15.9 Å². The average molecular weight is 422 g/mol. The molecule has 1 aliphatic carbocycles. The van der Waals surface area contributed by atoms with Gasteiger partial charge in [-0.2, -0.15) is 4.31 Å². The fraction of sp³-hybridized carbons (Fsp3) is 0.682. The predicted molar refractivity (Wildman–Crippen MR) is 115 cm³/mol. The van der Waals surface area contributed by atoms with Crippen molar-refractivity contribution in [1.29, 1.82) is 0 Å². The van der Waals surface area contributed by atoms with Gasteiger partial charge in [-0.05, 0) is 69.7 Å². The van der Waals surface area contributed by atoms with E-state index in [1.54, 1.807) is 19.2 Å². The molecule has 1 saturated heterocycles. The van der Waals surface area contributed by atoms with Crippen molar-refractivity contribution in [1.82, 2.24) is 14.5 Å². The van der Waals surface area contributed by atoms with E-state index in [9.17, 15) is 13.2 Å². The SMILES string of the molecule is CC(C)N(C)S(=O)(=O)c1ccc(C(=O)NC2CCN(CC3CCCC3)CC2)cc1. The van der Waals surface area contributed by atoms with E-state index in [0.717, 1.165) is 31.8 Å². The predicted octanol–water partition coefficient (Wildman–Crippen LogP) is 3.10. The van der Waals surface area contributed by atoms with E-state index >= 15 is 0 Å². The lowest BCUT2D eigenvalue weighted by Crippen LogP contribution is -2.45. The number of carbonyl (C=O) groups is 1. The van der Waals surface area contributed by atoms with Crippen LogP contribution < -0.4 is 5.32 Å². The smallest absolute Gasteiger partial charge is 0.251 e. The number of piperidine rings is 1. The van der Waals surface area contributed by atoms with Crippen LogP contribution in [0.1, 0.15) is 62.7 Å². The molecule has 1 amide bonds. The second kappa shape index (κ2) is 9.58. The van der Waals surface area contributed by atoms with E-state index in [1.807, 2.05) is 13.8 Å². The van der Waals surface area contributed by atoms with Crippen LogP contribution in [0.2, 0.25) is 0 Å². The fourth-order valence-corrected chi connectivity index (χ4v) is 5.68. The second-order valence-electron chi connectivity index (χ2n) is 8.84. The van der Waals surface area contributed by atoms with Crippen LogP contribution in [0.4, 0.5) is 0 Å². The molecule has 1 heterocycles. The van der Waals surface area contributed by atoms with Crippen LogP contribution in [0.15, 0.2) is 29.2 Å². The van der Waals surface area contributed by atoms with Crippen LogP contribution in [-0.2, 0) is 10.0 Å². The number of amides is 1. The zero-order valence-electron chi connectivity index (χ0n) is 17.9. The molecule has 1 aliphatic heterocycles. The van der Waals surface area contributed by atoms with Crippen LogP contribution in [0.3, 0.4) is 0 Å². The molecule has 0 unspecified atom stereocenters. The molecule has 2 aliphatic rings. The molecule has 0 bridgehead atoms. The monoisotopic (exact) mass is 421 g/mol. The molecule has 7 heteroatoms. The number of sulfonamides is 1. The van der Waals surface area contributed by atoms with Crippen LogP contribution in [0, 0.1) is 5.92 Å². The number of nitrogens with zero attached hydrogens (tertiary/aromatic N) is 2. The summed E-state index contributed by atoms with van der Waals surface area (Å²) >= 11 is 0. The van der Waals surface area contributed by atoms with E-state index in [1.165, 1.54) is 48.7 Å². The lowest BCUT2D eigenvalue weighted by molar-refractivity contribution is 0.0905. The van der Waals surface area contributed by atoms with E-state index in [0.29, 0.717) is 5.56 Å². The first kappa shape index (κ1) is 22.2. The zero-order valence-corrected chi connectivity index (χ0v) is 18.7. The van der Waals surface area contributed by atoms with Crippen molar-refractivity contribution < 1.29 is 13.2 Å². The van der Waals surface area contributed by atoms with Crippen molar-refractivity contribution in [3.8, 4) is 0 Å². The van der Waals surface area contributed by atoms with Crippen LogP contribution in [0.25, 0.3) is 0 Å². The second-order valence-corrected chi connectivity index (χ2v) is 10.8. The standard InChI is InChI=1S/C22H35N3O3S/c1-17(2)24(3)29(27,28)21-10-8-19(9-11-21)22(26)23-20-12-14-25(15-13-20)16-18-6-4-5-7-18/h8-11,17-18,20H,4-7,12-16H2,1-3H3,(H,23,26). The largest absolute Gasteiger partial charge is 0.349 e. The third-order valence-electron chi connectivity index (χ3n) is 6.43. The van der Waals surface area contributed by atoms with E-state index < -0.39 is 10.0 Å². The Hall–Kier alpha value is -1.44. The Morgan fingerprint density at radius 3 is 2.24 bits per heavy atom. The molecule has 2 fully saturated rings. The van der Waals surface area contributed by atoms with Gasteiger partial charge in [0, 0.05) is 44.3 Å². The number of carbonyl (C=O) groups excluding carboxylic acids is 1. The molecule has 3 rings (SSSR count). The lowest BCUT2D eigenvalue weighted by Gasteiger charge is -2.33. The molecule has 29 heavy (non-hydrogen) atoms. The van der Waals surface area contributed by atoms with Gasteiger partial charge in [-0.15, -0.1) is 0 Å². The van der Waals surface area contributed by atoms with Crippen molar-refractivity contribution in [3.63, 3.8) is 0 Å². The highest BCUT2D eigenvalue weighted by Gasteiger charge is 2.26. The molecule has 6 nitrogen and oxygen atoms in total. The molecule has 0 radical (unpaired) electrons. The summed E-state index contributed by atoms with van der Waals surface area (Å²) in [6, 6.07) is 6.32. The molecule has 0 spiro atoms. The number of nitrogens with one attached hydrogen (secondary N) is 1. The molecule has 1 aromatic rings. The Morgan fingerprint density at radius 1 is 1.10 bits per heavy atom. The number of rotatable bonds is 7. The topological polar surface area (TPSA) is 69.7 Å². The van der Waals surface area contributed by atoms with Crippen molar-refractivity contribution in [2.75, 3.05) is 26.7 Å². The summed E-state index contributed by atoms with van der Waals surface area (Å²) in [7, 11) is -1.96. The highest BCUT2D eigenvalue weighted by atomic mass is 32.2. The molecule has 0 aromatic heterocycles. The summed E-state index contributed by atoms with van der Waals surface area (Å²) in [4.78, 5) is 15.4. The highest BCUT2D eigenvalue weighted by molar-refractivity contribution is 7.89. The Morgan fingerprint density at radius 2 is 1.69 bits per heavy atom. The van der Waals surface area contributed by atoms with Gasteiger partial charge in [0.05, 0.1) is 4.90 Å². The summed E-state index contributed by atoms with van der Waals surface area (Å²) in [5.41, 5.74) is 0.504. The van der Waals surface area contributed by atoms with E-state index in [2.05, 4.69) is 10.2 Å². The van der Waals surface area contributed by atoms with Crippen LogP contribution >= 0.6 is 0 Å². The first-order valence-electron chi connectivity index (χ1n) is 10.9. The minimum atomic E-state index is -3.53. The van der Waals surface area contributed by atoms with Gasteiger partial charge in [-0.3, -0.25) is 4.79 Å². The van der Waals surface area contributed by atoms with Gasteiger partial charge < -0.3 is 10.2 Å². The summed E-state index contributed by atoms with van der Waals surface area (Å²) in [6.07, 6.45) is 7.45. The Labute approximate surface area is 175 Å². The molecule has 1 aromatic carbocycles. The maximum Gasteiger partial charge on any atom is 0.251 e.